The number of aromatic amines is 1. The monoisotopic (exact) mass is 385 g/mol. The molecule has 0 radical (unpaired) electrons. The van der Waals surface area contributed by atoms with E-state index in [0.29, 0.717) is 10.4 Å². The molecule has 0 spiro atoms. The largest absolute Gasteiger partial charge is 0.409 e. The maximum atomic E-state index is 12.3. The third-order valence-corrected chi connectivity index (χ3v) is 5.66. The van der Waals surface area contributed by atoms with Gasteiger partial charge < -0.3 is 14.4 Å². The Morgan fingerprint density at radius 2 is 1.90 bits per heavy atom. The van der Waals surface area contributed by atoms with Crippen molar-refractivity contribution in [1.29, 1.82) is 0 Å². The highest BCUT2D eigenvalue weighted by Gasteiger charge is 2.25. The Bertz CT molecular complexity index is 850. The highest BCUT2D eigenvalue weighted by molar-refractivity contribution is 9.10. The zero-order valence-corrected chi connectivity index (χ0v) is 13.8. The molecular formula is C14H10BrClNO3P. The van der Waals surface area contributed by atoms with Crippen molar-refractivity contribution in [2.45, 2.75) is 0 Å². The van der Waals surface area contributed by atoms with Crippen molar-refractivity contribution in [3.63, 3.8) is 0 Å². The van der Waals surface area contributed by atoms with Gasteiger partial charge in [0.05, 0.1) is 10.3 Å². The second-order valence-corrected chi connectivity index (χ2v) is 7.38. The minimum atomic E-state index is -3.94. The molecule has 0 aliphatic heterocycles. The fourth-order valence-electron chi connectivity index (χ4n) is 1.97. The molecule has 3 aromatic rings. The molecule has 0 aliphatic carbocycles. The Hall–Kier alpha value is -1.26. The van der Waals surface area contributed by atoms with E-state index in [1.807, 2.05) is 6.07 Å². The van der Waals surface area contributed by atoms with Crippen molar-refractivity contribution in [2.24, 2.45) is 0 Å². The van der Waals surface area contributed by atoms with Gasteiger partial charge in [-0.05, 0) is 40.2 Å². The molecule has 1 heterocycles. The zero-order chi connectivity index (χ0) is 15.0. The SMILES string of the molecule is O=P(O)(Oc1cc2c(Cl)c(Br)ccc2[nH]1)c1ccccc1. The molecule has 2 aromatic carbocycles. The van der Waals surface area contributed by atoms with Crippen LogP contribution in [0.4, 0.5) is 0 Å². The van der Waals surface area contributed by atoms with Gasteiger partial charge in [0.25, 0.3) is 0 Å². The summed E-state index contributed by atoms with van der Waals surface area (Å²) in [6, 6.07) is 13.4. The minimum absolute atomic E-state index is 0.194. The number of rotatable bonds is 3. The van der Waals surface area contributed by atoms with E-state index in [4.69, 9.17) is 16.1 Å². The number of aromatic nitrogens is 1. The lowest BCUT2D eigenvalue weighted by Gasteiger charge is -2.11. The molecule has 0 aliphatic rings. The third-order valence-electron chi connectivity index (χ3n) is 2.97. The van der Waals surface area contributed by atoms with Crippen LogP contribution in [0.1, 0.15) is 0 Å². The van der Waals surface area contributed by atoms with Crippen LogP contribution in [0.25, 0.3) is 10.9 Å². The van der Waals surface area contributed by atoms with Gasteiger partial charge in [0.15, 0.2) is 0 Å². The van der Waals surface area contributed by atoms with Gasteiger partial charge in [-0.3, -0.25) is 0 Å². The van der Waals surface area contributed by atoms with E-state index in [-0.39, 0.29) is 11.2 Å². The fourth-order valence-corrected chi connectivity index (χ4v) is 3.55. The van der Waals surface area contributed by atoms with Crippen LogP contribution in [0.3, 0.4) is 0 Å². The summed E-state index contributed by atoms with van der Waals surface area (Å²) in [7, 11) is -3.94. The van der Waals surface area contributed by atoms with Gasteiger partial charge in [0.1, 0.15) is 0 Å². The fraction of sp³-hybridized carbons (Fsp3) is 0. The molecule has 108 valence electrons. The number of hydrogen-bond donors (Lipinski definition) is 2. The van der Waals surface area contributed by atoms with Crippen LogP contribution < -0.4 is 9.83 Å². The Kier molecular flexibility index (Phi) is 3.84. The van der Waals surface area contributed by atoms with Crippen molar-refractivity contribution < 1.29 is 14.0 Å². The summed E-state index contributed by atoms with van der Waals surface area (Å²) in [5.41, 5.74) is 0.728. The molecule has 4 nitrogen and oxygen atoms in total. The van der Waals surface area contributed by atoms with Crippen molar-refractivity contribution in [3.8, 4) is 5.88 Å². The van der Waals surface area contributed by atoms with Gasteiger partial charge >= 0.3 is 7.60 Å². The lowest BCUT2D eigenvalue weighted by Crippen LogP contribution is -2.08. The van der Waals surface area contributed by atoms with Gasteiger partial charge in [-0.15, -0.1) is 0 Å². The molecular weight excluding hydrogens is 376 g/mol. The van der Waals surface area contributed by atoms with E-state index in [0.717, 1.165) is 9.99 Å². The Morgan fingerprint density at radius 3 is 2.62 bits per heavy atom. The summed E-state index contributed by atoms with van der Waals surface area (Å²) in [6.45, 7) is 0. The first-order chi connectivity index (χ1) is 9.97. The summed E-state index contributed by atoms with van der Waals surface area (Å²) < 4.78 is 18.3. The second kappa shape index (κ2) is 5.50. The van der Waals surface area contributed by atoms with E-state index in [1.165, 1.54) is 0 Å². The predicted octanol–water partition coefficient (Wildman–Crippen LogP) is 4.47. The summed E-state index contributed by atoms with van der Waals surface area (Å²) in [6.07, 6.45) is 0. The molecule has 1 aromatic heterocycles. The maximum Gasteiger partial charge on any atom is 0.409 e. The highest BCUT2D eigenvalue weighted by atomic mass is 79.9. The molecule has 7 heteroatoms. The van der Waals surface area contributed by atoms with Gasteiger partial charge in [-0.25, -0.2) is 4.57 Å². The molecule has 0 fully saturated rings. The number of benzene rings is 2. The number of hydrogen-bond acceptors (Lipinski definition) is 2. The number of fused-ring (bicyclic) bond motifs is 1. The van der Waals surface area contributed by atoms with Gasteiger partial charge in [0, 0.05) is 21.4 Å². The molecule has 21 heavy (non-hydrogen) atoms. The van der Waals surface area contributed by atoms with Crippen LogP contribution in [-0.2, 0) is 4.57 Å². The molecule has 0 saturated heterocycles. The molecule has 0 amide bonds. The molecule has 0 saturated carbocycles. The summed E-state index contributed by atoms with van der Waals surface area (Å²) in [5.74, 6) is 0.194. The smallest absolute Gasteiger partial charge is 0.405 e. The number of H-pyrrole nitrogens is 1. The highest BCUT2D eigenvalue weighted by Crippen LogP contribution is 2.43. The van der Waals surface area contributed by atoms with Crippen LogP contribution in [-0.4, -0.2) is 9.88 Å². The second-order valence-electron chi connectivity index (χ2n) is 4.40. The first kappa shape index (κ1) is 14.7. The maximum absolute atomic E-state index is 12.3. The van der Waals surface area contributed by atoms with E-state index in [9.17, 15) is 9.46 Å². The normalized spacial score (nSPS) is 14.0. The summed E-state index contributed by atoms with van der Waals surface area (Å²) >= 11 is 9.51. The molecule has 0 bridgehead atoms. The first-order valence-electron chi connectivity index (χ1n) is 6.02. The van der Waals surface area contributed by atoms with Gasteiger partial charge in [-0.2, -0.15) is 0 Å². The summed E-state index contributed by atoms with van der Waals surface area (Å²) in [5, 5.41) is 1.47. The lowest BCUT2D eigenvalue weighted by atomic mass is 10.2. The van der Waals surface area contributed by atoms with Crippen molar-refractivity contribution >= 4 is 51.3 Å². The number of nitrogens with one attached hydrogen (secondary N) is 1. The quantitative estimate of drug-likeness (QED) is 0.653. The number of halogens is 2. The van der Waals surface area contributed by atoms with Crippen molar-refractivity contribution in [3.05, 3.63) is 58.0 Å². The Balaban J connectivity index is 1.99. The Morgan fingerprint density at radius 1 is 1.19 bits per heavy atom. The lowest BCUT2D eigenvalue weighted by molar-refractivity contribution is 0.389. The zero-order valence-electron chi connectivity index (χ0n) is 10.6. The minimum Gasteiger partial charge on any atom is -0.405 e. The molecule has 3 rings (SSSR count). The van der Waals surface area contributed by atoms with Crippen molar-refractivity contribution in [1.82, 2.24) is 4.98 Å². The first-order valence-corrected chi connectivity index (χ1v) is 8.77. The standard InChI is InChI=1S/C14H10BrClNO3P/c15-11-6-7-12-10(14(11)16)8-13(17-12)20-21(18,19)9-4-2-1-3-5-9/h1-8,17H,(H,18,19). The van der Waals surface area contributed by atoms with E-state index in [1.54, 1.807) is 42.5 Å². The molecule has 1 unspecified atom stereocenters. The van der Waals surface area contributed by atoms with Gasteiger partial charge in [-0.1, -0.05) is 29.8 Å². The van der Waals surface area contributed by atoms with Gasteiger partial charge in [0.2, 0.25) is 5.88 Å². The Labute approximate surface area is 134 Å². The van der Waals surface area contributed by atoms with Crippen LogP contribution in [0, 0.1) is 0 Å². The van der Waals surface area contributed by atoms with Crippen LogP contribution in [0.5, 0.6) is 5.88 Å². The van der Waals surface area contributed by atoms with E-state index in [2.05, 4.69) is 20.9 Å². The predicted molar refractivity (Wildman–Crippen MR) is 87.5 cm³/mol. The average molecular weight is 387 g/mol. The molecule has 1 atom stereocenters. The molecule has 2 N–H and O–H groups in total. The third kappa shape index (κ3) is 2.87. The average Bonchev–Trinajstić information content (AvgIpc) is 2.87. The topological polar surface area (TPSA) is 62.3 Å². The summed E-state index contributed by atoms with van der Waals surface area (Å²) in [4.78, 5) is 13.0. The van der Waals surface area contributed by atoms with E-state index < -0.39 is 7.60 Å². The van der Waals surface area contributed by atoms with Crippen LogP contribution in [0.15, 0.2) is 53.0 Å². The van der Waals surface area contributed by atoms with Crippen LogP contribution in [0.2, 0.25) is 5.02 Å². The van der Waals surface area contributed by atoms with Crippen LogP contribution >= 0.6 is 35.1 Å². The van der Waals surface area contributed by atoms with Crippen molar-refractivity contribution in [2.75, 3.05) is 0 Å². The van der Waals surface area contributed by atoms with E-state index >= 15 is 0 Å².